The van der Waals surface area contributed by atoms with E-state index in [-0.39, 0.29) is 18.6 Å². The molecule has 1 aliphatic rings. The Morgan fingerprint density at radius 3 is 3.12 bits per heavy atom. The summed E-state index contributed by atoms with van der Waals surface area (Å²) in [6.07, 6.45) is 3.28. The number of benzene rings is 1. The van der Waals surface area contributed by atoms with E-state index in [1.807, 2.05) is 13.0 Å². The van der Waals surface area contributed by atoms with Gasteiger partial charge < -0.3 is 10.1 Å². The molecule has 92 valence electrons. The van der Waals surface area contributed by atoms with Gasteiger partial charge in [-0.25, -0.2) is 0 Å². The number of carbonyl (C=O) groups is 1. The second-order valence-electron chi connectivity index (χ2n) is 4.35. The van der Waals surface area contributed by atoms with E-state index in [0.29, 0.717) is 6.61 Å². The van der Waals surface area contributed by atoms with Crippen molar-refractivity contribution in [3.8, 4) is 0 Å². The van der Waals surface area contributed by atoms with Crippen molar-refractivity contribution in [3.05, 3.63) is 35.4 Å². The molecule has 0 fully saturated rings. The minimum atomic E-state index is -0.0199. The van der Waals surface area contributed by atoms with Gasteiger partial charge in [0.1, 0.15) is 6.61 Å². The highest BCUT2D eigenvalue weighted by atomic mass is 16.5. The molecule has 2 rings (SSSR count). The number of carbonyl (C=O) groups excluding carboxylic acids is 1. The summed E-state index contributed by atoms with van der Waals surface area (Å²) in [5.41, 5.74) is 2.63. The van der Waals surface area contributed by atoms with Gasteiger partial charge in [0, 0.05) is 6.61 Å². The monoisotopic (exact) mass is 233 g/mol. The first kappa shape index (κ1) is 12.1. The first-order valence-corrected chi connectivity index (χ1v) is 6.26. The van der Waals surface area contributed by atoms with E-state index in [1.165, 1.54) is 11.1 Å². The number of hydrogen-bond acceptors (Lipinski definition) is 2. The van der Waals surface area contributed by atoms with Gasteiger partial charge in [0.25, 0.3) is 0 Å². The fourth-order valence-electron chi connectivity index (χ4n) is 2.33. The zero-order valence-corrected chi connectivity index (χ0v) is 10.2. The van der Waals surface area contributed by atoms with Crippen molar-refractivity contribution in [1.82, 2.24) is 5.32 Å². The molecule has 0 saturated carbocycles. The Kier molecular flexibility index (Phi) is 4.15. The van der Waals surface area contributed by atoms with E-state index in [2.05, 4.69) is 23.5 Å². The maximum atomic E-state index is 11.6. The van der Waals surface area contributed by atoms with Gasteiger partial charge in [0.05, 0.1) is 6.04 Å². The molecule has 0 saturated heterocycles. The second-order valence-corrected chi connectivity index (χ2v) is 4.35. The van der Waals surface area contributed by atoms with E-state index in [1.54, 1.807) is 0 Å². The lowest BCUT2D eigenvalue weighted by Crippen LogP contribution is -2.33. The molecule has 0 unspecified atom stereocenters. The largest absolute Gasteiger partial charge is 0.372 e. The van der Waals surface area contributed by atoms with Crippen LogP contribution in [0.25, 0.3) is 0 Å². The highest BCUT2D eigenvalue weighted by molar-refractivity contribution is 5.77. The summed E-state index contributed by atoms with van der Waals surface area (Å²) in [7, 11) is 0. The highest BCUT2D eigenvalue weighted by Crippen LogP contribution is 2.29. The zero-order valence-electron chi connectivity index (χ0n) is 10.2. The molecular weight excluding hydrogens is 214 g/mol. The van der Waals surface area contributed by atoms with Gasteiger partial charge in [-0.15, -0.1) is 0 Å². The van der Waals surface area contributed by atoms with Gasteiger partial charge in [-0.05, 0) is 37.3 Å². The Balaban J connectivity index is 2.01. The van der Waals surface area contributed by atoms with Crippen molar-refractivity contribution < 1.29 is 9.53 Å². The van der Waals surface area contributed by atoms with Crippen LogP contribution in [0.5, 0.6) is 0 Å². The zero-order chi connectivity index (χ0) is 12.1. The van der Waals surface area contributed by atoms with Crippen LogP contribution < -0.4 is 5.32 Å². The summed E-state index contributed by atoms with van der Waals surface area (Å²) in [5.74, 6) is -0.0199. The average Bonchev–Trinajstić information content (AvgIpc) is 2.37. The lowest BCUT2D eigenvalue weighted by atomic mass is 9.88. The summed E-state index contributed by atoms with van der Waals surface area (Å²) >= 11 is 0. The van der Waals surface area contributed by atoms with E-state index < -0.39 is 0 Å². The molecule has 0 aromatic heterocycles. The molecule has 1 aromatic rings. The fraction of sp³-hybridized carbons (Fsp3) is 0.500. The number of rotatable bonds is 4. The third kappa shape index (κ3) is 3.07. The van der Waals surface area contributed by atoms with Crippen molar-refractivity contribution in [2.45, 2.75) is 32.2 Å². The molecule has 3 nitrogen and oxygen atoms in total. The van der Waals surface area contributed by atoms with Crippen LogP contribution in [-0.2, 0) is 16.0 Å². The van der Waals surface area contributed by atoms with Gasteiger partial charge in [0.2, 0.25) is 5.91 Å². The molecule has 1 amide bonds. The predicted octanol–water partition coefficient (Wildman–Crippen LogP) is 2.22. The Morgan fingerprint density at radius 2 is 2.29 bits per heavy atom. The molecule has 0 bridgehead atoms. The van der Waals surface area contributed by atoms with Crippen LogP contribution in [0.15, 0.2) is 24.3 Å². The number of fused-ring (bicyclic) bond motifs is 1. The minimum Gasteiger partial charge on any atom is -0.372 e. The van der Waals surface area contributed by atoms with Gasteiger partial charge in [-0.3, -0.25) is 4.79 Å². The lowest BCUT2D eigenvalue weighted by Gasteiger charge is -2.26. The van der Waals surface area contributed by atoms with Crippen LogP contribution in [0.1, 0.15) is 36.9 Å². The molecule has 0 aliphatic heterocycles. The maximum absolute atomic E-state index is 11.6. The number of hydrogen-bond donors (Lipinski definition) is 1. The van der Waals surface area contributed by atoms with E-state index >= 15 is 0 Å². The van der Waals surface area contributed by atoms with Crippen molar-refractivity contribution in [3.63, 3.8) is 0 Å². The molecule has 0 spiro atoms. The second kappa shape index (κ2) is 5.82. The summed E-state index contributed by atoms with van der Waals surface area (Å²) in [5, 5.41) is 3.05. The third-order valence-electron chi connectivity index (χ3n) is 3.14. The Hall–Kier alpha value is -1.35. The first-order valence-electron chi connectivity index (χ1n) is 6.26. The molecule has 3 heteroatoms. The highest BCUT2D eigenvalue weighted by Gasteiger charge is 2.20. The summed E-state index contributed by atoms with van der Waals surface area (Å²) in [6, 6.07) is 8.51. The van der Waals surface area contributed by atoms with Gasteiger partial charge in [0.15, 0.2) is 0 Å². The number of aryl methyl sites for hydroxylation is 1. The van der Waals surface area contributed by atoms with Crippen molar-refractivity contribution in [2.75, 3.05) is 13.2 Å². The summed E-state index contributed by atoms with van der Waals surface area (Å²) < 4.78 is 5.11. The lowest BCUT2D eigenvalue weighted by molar-refractivity contribution is -0.126. The van der Waals surface area contributed by atoms with Gasteiger partial charge in [-0.1, -0.05) is 24.3 Å². The van der Waals surface area contributed by atoms with Crippen LogP contribution in [0.4, 0.5) is 0 Å². The van der Waals surface area contributed by atoms with Gasteiger partial charge in [-0.2, -0.15) is 0 Å². The molecule has 17 heavy (non-hydrogen) atoms. The number of ether oxygens (including phenoxy) is 1. The molecule has 0 radical (unpaired) electrons. The first-order chi connectivity index (χ1) is 8.31. The van der Waals surface area contributed by atoms with Crippen LogP contribution >= 0.6 is 0 Å². The minimum absolute atomic E-state index is 0.0199. The van der Waals surface area contributed by atoms with Crippen molar-refractivity contribution in [1.29, 1.82) is 0 Å². The maximum Gasteiger partial charge on any atom is 0.246 e. The molecule has 1 atom stereocenters. The van der Waals surface area contributed by atoms with Crippen LogP contribution in [0.2, 0.25) is 0 Å². The number of nitrogens with one attached hydrogen (secondary N) is 1. The van der Waals surface area contributed by atoms with Gasteiger partial charge >= 0.3 is 0 Å². The molecule has 1 N–H and O–H groups in total. The van der Waals surface area contributed by atoms with Crippen molar-refractivity contribution >= 4 is 5.91 Å². The average molecular weight is 233 g/mol. The van der Waals surface area contributed by atoms with Crippen LogP contribution in [-0.4, -0.2) is 19.1 Å². The van der Waals surface area contributed by atoms with E-state index in [0.717, 1.165) is 19.3 Å². The Bertz CT molecular complexity index is 390. The standard InChI is InChI=1S/C14H19NO2/c1-2-17-10-14(16)15-13-9-5-7-11-6-3-4-8-12(11)13/h3-4,6,8,13H,2,5,7,9-10H2,1H3,(H,15,16)/t13-/m0/s1. The third-order valence-corrected chi connectivity index (χ3v) is 3.14. The SMILES string of the molecule is CCOCC(=O)N[C@H]1CCCc2ccccc21. The topological polar surface area (TPSA) is 38.3 Å². The molecule has 1 aliphatic carbocycles. The number of amides is 1. The summed E-state index contributed by atoms with van der Waals surface area (Å²) in [4.78, 5) is 11.6. The van der Waals surface area contributed by atoms with E-state index in [4.69, 9.17) is 4.74 Å². The molecular formula is C14H19NO2. The smallest absolute Gasteiger partial charge is 0.246 e. The van der Waals surface area contributed by atoms with Crippen LogP contribution in [0, 0.1) is 0 Å². The van der Waals surface area contributed by atoms with E-state index in [9.17, 15) is 4.79 Å². The fourth-order valence-corrected chi connectivity index (χ4v) is 2.33. The quantitative estimate of drug-likeness (QED) is 0.866. The molecule has 0 heterocycles. The molecule has 1 aromatic carbocycles. The summed E-state index contributed by atoms with van der Waals surface area (Å²) in [6.45, 7) is 2.63. The Morgan fingerprint density at radius 1 is 1.47 bits per heavy atom. The van der Waals surface area contributed by atoms with Crippen LogP contribution in [0.3, 0.4) is 0 Å². The Labute approximate surface area is 102 Å². The predicted molar refractivity (Wildman–Crippen MR) is 66.8 cm³/mol. The normalized spacial score (nSPS) is 18.5. The van der Waals surface area contributed by atoms with Crippen molar-refractivity contribution in [2.24, 2.45) is 0 Å².